The normalized spacial score (nSPS) is 23.4. The number of carbonyl (C=O) groups excluding carboxylic acids is 2. The van der Waals surface area contributed by atoms with Gasteiger partial charge >= 0.3 is 12.1 Å². The van der Waals surface area contributed by atoms with Crippen LogP contribution >= 0.6 is 0 Å². The number of hydrogen-bond donors (Lipinski definition) is 2. The number of fused-ring (bicyclic) bond motifs is 3. The molecule has 1 saturated carbocycles. The summed E-state index contributed by atoms with van der Waals surface area (Å²) in [6.45, 7) is 0.796. The molecule has 2 fully saturated rings. The number of amides is 2. The Morgan fingerprint density at radius 3 is 2.31 bits per heavy atom. The first kappa shape index (κ1) is 23.4. The van der Waals surface area contributed by atoms with Gasteiger partial charge in [-0.05, 0) is 66.7 Å². The molecule has 0 aromatic heterocycles. The lowest BCUT2D eigenvalue weighted by molar-refractivity contribution is -0.152. The number of alkyl carbamates (subject to hydrolysis) is 1. The molecule has 1 saturated heterocycles. The number of hydrogen-bond acceptors (Lipinski definition) is 4. The molecule has 7 heteroatoms. The molecule has 35 heavy (non-hydrogen) atoms. The van der Waals surface area contributed by atoms with Gasteiger partial charge in [-0.2, -0.15) is 0 Å². The third kappa shape index (κ3) is 4.90. The molecule has 2 aromatic rings. The van der Waals surface area contributed by atoms with Crippen LogP contribution in [0.15, 0.2) is 48.5 Å². The van der Waals surface area contributed by atoms with Crippen LogP contribution in [0.2, 0.25) is 0 Å². The minimum Gasteiger partial charge on any atom is -0.480 e. The fraction of sp³-hybridized carbons (Fsp3) is 0.464. The highest BCUT2D eigenvalue weighted by Crippen LogP contribution is 2.44. The van der Waals surface area contributed by atoms with Gasteiger partial charge in [-0.25, -0.2) is 9.59 Å². The Morgan fingerprint density at radius 1 is 0.943 bits per heavy atom. The summed E-state index contributed by atoms with van der Waals surface area (Å²) >= 11 is 0. The first-order valence-electron chi connectivity index (χ1n) is 12.6. The summed E-state index contributed by atoms with van der Waals surface area (Å²) in [6, 6.07) is 15.8. The maximum atomic E-state index is 12.8. The number of carboxylic acid groups (broad SMARTS) is 1. The van der Waals surface area contributed by atoms with Crippen LogP contribution < -0.4 is 5.32 Å². The lowest BCUT2D eigenvalue weighted by atomic mass is 9.98. The number of benzene rings is 2. The number of carboxylic acids is 1. The van der Waals surface area contributed by atoms with Crippen LogP contribution in [0, 0.1) is 5.92 Å². The van der Waals surface area contributed by atoms with E-state index in [1.54, 1.807) is 0 Å². The summed E-state index contributed by atoms with van der Waals surface area (Å²) in [7, 11) is 0. The van der Waals surface area contributed by atoms with Gasteiger partial charge in [0.25, 0.3) is 0 Å². The van der Waals surface area contributed by atoms with Crippen LogP contribution in [0.25, 0.3) is 11.1 Å². The highest BCUT2D eigenvalue weighted by molar-refractivity contribution is 5.84. The Balaban J connectivity index is 1.12. The standard InChI is InChI=1S/C28H32N2O5/c31-26(30-14-6-5-11-25(30)27(32)33)16-18-12-13-19(15-18)29-28(34)35-17-24-22-9-3-1-7-20(22)21-8-2-4-10-23(21)24/h1-4,7-10,18-19,24-25H,5-6,11-17H2,(H,29,34)(H,32,33). The lowest BCUT2D eigenvalue weighted by Crippen LogP contribution is -2.48. The van der Waals surface area contributed by atoms with Gasteiger partial charge in [0.1, 0.15) is 12.6 Å². The number of nitrogens with one attached hydrogen (secondary N) is 1. The van der Waals surface area contributed by atoms with E-state index in [1.807, 2.05) is 24.3 Å². The van der Waals surface area contributed by atoms with E-state index in [-0.39, 0.29) is 30.4 Å². The fourth-order valence-electron chi connectivity index (χ4n) is 6.05. The average molecular weight is 477 g/mol. The van der Waals surface area contributed by atoms with Gasteiger partial charge in [-0.1, -0.05) is 48.5 Å². The molecule has 0 radical (unpaired) electrons. The van der Waals surface area contributed by atoms with Crippen molar-refractivity contribution in [2.45, 2.75) is 62.9 Å². The largest absolute Gasteiger partial charge is 0.480 e. The molecule has 2 N–H and O–H groups in total. The van der Waals surface area contributed by atoms with Crippen molar-refractivity contribution in [3.8, 4) is 11.1 Å². The molecule has 1 heterocycles. The van der Waals surface area contributed by atoms with Crippen molar-refractivity contribution in [2.75, 3.05) is 13.2 Å². The van der Waals surface area contributed by atoms with Crippen LogP contribution in [0.1, 0.15) is 62.0 Å². The van der Waals surface area contributed by atoms with Crippen LogP contribution in [0.3, 0.4) is 0 Å². The first-order valence-corrected chi connectivity index (χ1v) is 12.6. The van der Waals surface area contributed by atoms with Crippen molar-refractivity contribution in [3.63, 3.8) is 0 Å². The summed E-state index contributed by atoms with van der Waals surface area (Å²) in [5.41, 5.74) is 4.75. The van der Waals surface area contributed by atoms with E-state index in [0.717, 1.165) is 25.7 Å². The molecule has 7 nitrogen and oxygen atoms in total. The Morgan fingerprint density at radius 2 is 1.63 bits per heavy atom. The number of rotatable bonds is 6. The average Bonchev–Trinajstić information content (AvgIpc) is 3.44. The molecule has 1 aliphatic heterocycles. The van der Waals surface area contributed by atoms with E-state index >= 15 is 0 Å². The van der Waals surface area contributed by atoms with Crippen molar-refractivity contribution in [1.29, 1.82) is 0 Å². The Hall–Kier alpha value is -3.35. The van der Waals surface area contributed by atoms with Crippen LogP contribution in [-0.2, 0) is 14.3 Å². The van der Waals surface area contributed by atoms with Gasteiger partial charge in [0.2, 0.25) is 5.91 Å². The first-order chi connectivity index (χ1) is 17.0. The Bertz CT molecular complexity index is 1070. The summed E-state index contributed by atoms with van der Waals surface area (Å²) in [4.78, 5) is 38.5. The van der Waals surface area contributed by atoms with Crippen molar-refractivity contribution in [3.05, 3.63) is 59.7 Å². The zero-order valence-electron chi connectivity index (χ0n) is 19.8. The molecule has 3 atom stereocenters. The zero-order valence-corrected chi connectivity index (χ0v) is 19.8. The number of piperidine rings is 1. The number of nitrogens with zero attached hydrogens (tertiary/aromatic N) is 1. The molecule has 3 aliphatic rings. The summed E-state index contributed by atoms with van der Waals surface area (Å²) in [5.74, 6) is -0.824. The summed E-state index contributed by atoms with van der Waals surface area (Å²) in [5, 5.41) is 12.4. The van der Waals surface area contributed by atoms with E-state index < -0.39 is 18.1 Å². The highest BCUT2D eigenvalue weighted by Gasteiger charge is 2.35. The lowest BCUT2D eigenvalue weighted by Gasteiger charge is -2.33. The predicted octanol–water partition coefficient (Wildman–Crippen LogP) is 4.55. The predicted molar refractivity (Wildman–Crippen MR) is 131 cm³/mol. The van der Waals surface area contributed by atoms with E-state index in [1.165, 1.54) is 27.2 Å². The number of carbonyl (C=O) groups is 3. The molecule has 0 bridgehead atoms. The van der Waals surface area contributed by atoms with E-state index in [0.29, 0.717) is 25.8 Å². The second kappa shape index (κ2) is 10.1. The van der Waals surface area contributed by atoms with Crippen LogP contribution in [-0.4, -0.2) is 53.2 Å². The second-order valence-corrected chi connectivity index (χ2v) is 9.99. The SMILES string of the molecule is O=C(NC1CCC(CC(=O)N2CCCCC2C(=O)O)C1)OCC1c2ccccc2-c2ccccc21. The quantitative estimate of drug-likeness (QED) is 0.638. The minimum atomic E-state index is -0.917. The molecular formula is C28H32N2O5. The van der Waals surface area contributed by atoms with Crippen LogP contribution in [0.5, 0.6) is 0 Å². The molecular weight excluding hydrogens is 444 g/mol. The smallest absolute Gasteiger partial charge is 0.407 e. The van der Waals surface area contributed by atoms with E-state index in [2.05, 4.69) is 29.6 Å². The van der Waals surface area contributed by atoms with Gasteiger partial charge in [-0.15, -0.1) is 0 Å². The topological polar surface area (TPSA) is 95.9 Å². The Kier molecular flexibility index (Phi) is 6.75. The second-order valence-electron chi connectivity index (χ2n) is 9.99. The molecule has 2 aliphatic carbocycles. The maximum absolute atomic E-state index is 12.8. The third-order valence-electron chi connectivity index (χ3n) is 7.78. The van der Waals surface area contributed by atoms with Gasteiger partial charge < -0.3 is 20.1 Å². The zero-order chi connectivity index (χ0) is 24.4. The highest BCUT2D eigenvalue weighted by atomic mass is 16.5. The monoisotopic (exact) mass is 476 g/mol. The summed E-state index contributed by atoms with van der Waals surface area (Å²) < 4.78 is 5.66. The fourth-order valence-corrected chi connectivity index (χ4v) is 6.05. The van der Waals surface area contributed by atoms with Crippen molar-refractivity contribution in [2.24, 2.45) is 5.92 Å². The maximum Gasteiger partial charge on any atom is 0.407 e. The van der Waals surface area contributed by atoms with Crippen molar-refractivity contribution >= 4 is 18.0 Å². The number of aliphatic carboxylic acids is 1. The minimum absolute atomic E-state index is 0.0221. The molecule has 2 amide bonds. The molecule has 5 rings (SSSR count). The molecule has 184 valence electrons. The number of likely N-dealkylation sites (tertiary alicyclic amines) is 1. The van der Waals surface area contributed by atoms with Crippen LogP contribution in [0.4, 0.5) is 4.79 Å². The van der Waals surface area contributed by atoms with Crippen molar-refractivity contribution in [1.82, 2.24) is 10.2 Å². The molecule has 0 spiro atoms. The summed E-state index contributed by atoms with van der Waals surface area (Å²) in [6.07, 6.45) is 4.48. The van der Waals surface area contributed by atoms with Gasteiger partial charge in [0, 0.05) is 24.9 Å². The van der Waals surface area contributed by atoms with Gasteiger partial charge in [-0.3, -0.25) is 4.79 Å². The Labute approximate surface area is 205 Å². The van der Waals surface area contributed by atoms with Gasteiger partial charge in [0.15, 0.2) is 0 Å². The van der Waals surface area contributed by atoms with E-state index in [4.69, 9.17) is 4.74 Å². The number of ether oxygens (including phenoxy) is 1. The van der Waals surface area contributed by atoms with E-state index in [9.17, 15) is 19.5 Å². The van der Waals surface area contributed by atoms with Crippen molar-refractivity contribution < 1.29 is 24.2 Å². The van der Waals surface area contributed by atoms with Gasteiger partial charge in [0.05, 0.1) is 0 Å². The third-order valence-corrected chi connectivity index (χ3v) is 7.78. The molecule has 2 aromatic carbocycles. The molecule has 3 unspecified atom stereocenters.